The molecule has 4 nitrogen and oxygen atoms in total. The highest BCUT2D eigenvalue weighted by molar-refractivity contribution is 7.09. The maximum atomic E-state index is 13.5. The molecule has 0 aliphatic rings. The summed E-state index contributed by atoms with van der Waals surface area (Å²) in [6.07, 6.45) is 0.572. The third-order valence-corrected chi connectivity index (χ3v) is 4.37. The number of phenols is 1. The van der Waals surface area contributed by atoms with E-state index in [1.54, 1.807) is 36.4 Å². The van der Waals surface area contributed by atoms with Crippen LogP contribution in [0, 0.1) is 5.82 Å². The Hall–Kier alpha value is -2.73. The fourth-order valence-electron chi connectivity index (χ4n) is 2.21. The van der Waals surface area contributed by atoms with Gasteiger partial charge in [0.25, 0.3) is 5.91 Å². The molecule has 0 atom stereocenters. The molecule has 0 unspecified atom stereocenters. The number of hydrogen-bond donors (Lipinski definition) is 2. The lowest BCUT2D eigenvalue weighted by atomic mass is 10.2. The topological polar surface area (TPSA) is 62.2 Å². The fraction of sp³-hybridized carbons (Fsp3) is 0.111. The van der Waals surface area contributed by atoms with Gasteiger partial charge in [-0.1, -0.05) is 12.1 Å². The van der Waals surface area contributed by atoms with E-state index in [0.717, 1.165) is 16.3 Å². The Kier molecular flexibility index (Phi) is 4.86. The molecule has 0 aliphatic heterocycles. The van der Waals surface area contributed by atoms with Crippen LogP contribution in [0.4, 0.5) is 4.39 Å². The third kappa shape index (κ3) is 3.78. The second-order valence-electron chi connectivity index (χ2n) is 5.16. The van der Waals surface area contributed by atoms with E-state index in [4.69, 9.17) is 0 Å². The van der Waals surface area contributed by atoms with E-state index in [2.05, 4.69) is 10.3 Å². The van der Waals surface area contributed by atoms with Crippen molar-refractivity contribution in [2.45, 2.75) is 6.42 Å². The molecule has 122 valence electrons. The summed E-state index contributed by atoms with van der Waals surface area (Å²) in [5.74, 6) is -0.743. The number of carbonyl (C=O) groups excluding carboxylic acids is 1. The molecule has 0 saturated heterocycles. The van der Waals surface area contributed by atoms with Gasteiger partial charge in [-0.15, -0.1) is 11.3 Å². The molecule has 2 aromatic carbocycles. The predicted molar refractivity (Wildman–Crippen MR) is 91.7 cm³/mol. The van der Waals surface area contributed by atoms with E-state index < -0.39 is 11.7 Å². The Bertz CT molecular complexity index is 846. The maximum absolute atomic E-state index is 13.5. The van der Waals surface area contributed by atoms with Crippen LogP contribution in [0.5, 0.6) is 5.75 Å². The Labute approximate surface area is 142 Å². The van der Waals surface area contributed by atoms with Gasteiger partial charge in [-0.2, -0.15) is 0 Å². The van der Waals surface area contributed by atoms with Gasteiger partial charge in [0, 0.05) is 23.9 Å². The molecular weight excluding hydrogens is 327 g/mol. The second-order valence-corrected chi connectivity index (χ2v) is 6.10. The quantitative estimate of drug-likeness (QED) is 0.744. The van der Waals surface area contributed by atoms with E-state index in [1.165, 1.54) is 23.5 Å². The van der Waals surface area contributed by atoms with Crippen LogP contribution in [0.1, 0.15) is 15.4 Å². The summed E-state index contributed by atoms with van der Waals surface area (Å²) in [5.41, 5.74) is 1.79. The number of carbonyl (C=O) groups is 1. The number of halogens is 1. The number of phenolic OH excluding ortho intramolecular Hbond substituents is 1. The Morgan fingerprint density at radius 3 is 2.67 bits per heavy atom. The number of amides is 1. The largest absolute Gasteiger partial charge is 0.508 e. The maximum Gasteiger partial charge on any atom is 0.254 e. The second kappa shape index (κ2) is 7.23. The van der Waals surface area contributed by atoms with Crippen LogP contribution in [0.2, 0.25) is 0 Å². The van der Waals surface area contributed by atoms with Crippen molar-refractivity contribution in [2.75, 3.05) is 6.54 Å². The number of aromatic hydroxyl groups is 1. The monoisotopic (exact) mass is 342 g/mol. The molecule has 2 N–H and O–H groups in total. The molecule has 24 heavy (non-hydrogen) atoms. The van der Waals surface area contributed by atoms with Crippen LogP contribution < -0.4 is 5.32 Å². The Morgan fingerprint density at radius 1 is 1.17 bits per heavy atom. The minimum atomic E-state index is -0.529. The Morgan fingerprint density at radius 2 is 1.92 bits per heavy atom. The van der Waals surface area contributed by atoms with Gasteiger partial charge in [0.2, 0.25) is 0 Å². The van der Waals surface area contributed by atoms with Gasteiger partial charge in [0.1, 0.15) is 11.6 Å². The zero-order chi connectivity index (χ0) is 16.9. The number of nitrogens with one attached hydrogen (secondary N) is 1. The van der Waals surface area contributed by atoms with E-state index in [1.807, 2.05) is 5.38 Å². The lowest BCUT2D eigenvalue weighted by molar-refractivity contribution is 0.0950. The zero-order valence-electron chi connectivity index (χ0n) is 12.7. The molecule has 3 aromatic rings. The van der Waals surface area contributed by atoms with Crippen molar-refractivity contribution in [2.24, 2.45) is 0 Å². The van der Waals surface area contributed by atoms with Gasteiger partial charge in [0.05, 0.1) is 16.3 Å². The summed E-state index contributed by atoms with van der Waals surface area (Å²) in [4.78, 5) is 16.4. The molecule has 0 radical (unpaired) electrons. The first-order valence-electron chi connectivity index (χ1n) is 7.40. The molecule has 3 rings (SSSR count). The van der Waals surface area contributed by atoms with Crippen molar-refractivity contribution < 1.29 is 14.3 Å². The van der Waals surface area contributed by atoms with Gasteiger partial charge in [-0.05, 0) is 36.4 Å². The van der Waals surface area contributed by atoms with Crippen LogP contribution in [-0.2, 0) is 6.42 Å². The minimum Gasteiger partial charge on any atom is -0.508 e. The molecule has 0 saturated carbocycles. The van der Waals surface area contributed by atoms with E-state index in [0.29, 0.717) is 13.0 Å². The van der Waals surface area contributed by atoms with E-state index >= 15 is 0 Å². The lowest BCUT2D eigenvalue weighted by Gasteiger charge is -2.04. The van der Waals surface area contributed by atoms with Crippen LogP contribution >= 0.6 is 11.3 Å². The van der Waals surface area contributed by atoms with Gasteiger partial charge < -0.3 is 10.4 Å². The predicted octanol–water partition coefficient (Wildman–Crippen LogP) is 3.63. The fourth-order valence-corrected chi connectivity index (χ4v) is 3.02. The molecule has 0 fully saturated rings. The average molecular weight is 342 g/mol. The molecular formula is C18H15FN2O2S. The van der Waals surface area contributed by atoms with E-state index in [-0.39, 0.29) is 11.3 Å². The lowest BCUT2D eigenvalue weighted by Crippen LogP contribution is -2.26. The SMILES string of the molecule is O=C(NCCc1nc(-c2ccc(O)cc2)cs1)c1ccccc1F. The number of nitrogens with zero attached hydrogens (tertiary/aromatic N) is 1. The standard InChI is InChI=1S/C18H15FN2O2S/c19-15-4-2-1-3-14(15)18(23)20-10-9-17-21-16(11-24-17)12-5-7-13(22)8-6-12/h1-8,11,22H,9-10H2,(H,20,23). The first-order chi connectivity index (χ1) is 11.6. The van der Waals surface area contributed by atoms with Crippen molar-refractivity contribution in [1.29, 1.82) is 0 Å². The molecule has 1 aromatic heterocycles. The van der Waals surface area contributed by atoms with Gasteiger partial charge in [-0.3, -0.25) is 4.79 Å². The van der Waals surface area contributed by atoms with Crippen molar-refractivity contribution in [3.63, 3.8) is 0 Å². The zero-order valence-corrected chi connectivity index (χ0v) is 13.5. The summed E-state index contributed by atoms with van der Waals surface area (Å²) >= 11 is 1.50. The molecule has 0 spiro atoms. The number of aromatic nitrogens is 1. The highest BCUT2D eigenvalue weighted by Gasteiger charge is 2.10. The van der Waals surface area contributed by atoms with Crippen molar-refractivity contribution in [3.05, 3.63) is 70.3 Å². The molecule has 6 heteroatoms. The summed E-state index contributed by atoms with van der Waals surface area (Å²) in [5, 5.41) is 14.8. The third-order valence-electron chi connectivity index (χ3n) is 3.46. The first kappa shape index (κ1) is 16.1. The van der Waals surface area contributed by atoms with Crippen LogP contribution in [0.15, 0.2) is 53.9 Å². The van der Waals surface area contributed by atoms with Crippen molar-refractivity contribution >= 4 is 17.2 Å². The number of rotatable bonds is 5. The minimum absolute atomic E-state index is 0.0430. The van der Waals surface area contributed by atoms with Gasteiger partial charge in [0.15, 0.2) is 0 Å². The van der Waals surface area contributed by atoms with E-state index in [9.17, 15) is 14.3 Å². The van der Waals surface area contributed by atoms with Crippen molar-refractivity contribution in [3.8, 4) is 17.0 Å². The van der Waals surface area contributed by atoms with Crippen LogP contribution in [-0.4, -0.2) is 22.5 Å². The van der Waals surface area contributed by atoms with Gasteiger partial charge >= 0.3 is 0 Å². The van der Waals surface area contributed by atoms with Gasteiger partial charge in [-0.25, -0.2) is 9.37 Å². The number of benzene rings is 2. The van der Waals surface area contributed by atoms with Crippen LogP contribution in [0.25, 0.3) is 11.3 Å². The average Bonchev–Trinajstić information content (AvgIpc) is 3.04. The molecule has 1 heterocycles. The summed E-state index contributed by atoms with van der Waals surface area (Å²) in [7, 11) is 0. The molecule has 0 bridgehead atoms. The molecule has 1 amide bonds. The number of thiazole rings is 1. The van der Waals surface area contributed by atoms with Crippen molar-refractivity contribution in [1.82, 2.24) is 10.3 Å². The highest BCUT2D eigenvalue weighted by atomic mass is 32.1. The summed E-state index contributed by atoms with van der Waals surface area (Å²) < 4.78 is 13.5. The normalized spacial score (nSPS) is 10.5. The Balaban J connectivity index is 1.57. The highest BCUT2D eigenvalue weighted by Crippen LogP contribution is 2.23. The smallest absolute Gasteiger partial charge is 0.254 e. The number of hydrogen-bond acceptors (Lipinski definition) is 4. The summed E-state index contributed by atoms with van der Waals surface area (Å²) in [6, 6.07) is 12.7. The summed E-state index contributed by atoms with van der Waals surface area (Å²) in [6.45, 7) is 0.385. The first-order valence-corrected chi connectivity index (χ1v) is 8.28. The molecule has 0 aliphatic carbocycles. The van der Waals surface area contributed by atoms with Crippen LogP contribution in [0.3, 0.4) is 0 Å².